The zero-order chi connectivity index (χ0) is 10.8. The van der Waals surface area contributed by atoms with Gasteiger partial charge in [-0.3, -0.25) is 4.79 Å². The summed E-state index contributed by atoms with van der Waals surface area (Å²) in [6.45, 7) is 6.27. The summed E-state index contributed by atoms with van der Waals surface area (Å²) in [5, 5.41) is 5.84. The first-order chi connectivity index (χ1) is 6.74. The van der Waals surface area contributed by atoms with E-state index in [1.54, 1.807) is 7.05 Å². The number of carbonyl (C=O) groups excluding carboxylic acids is 1. The highest BCUT2D eigenvalue weighted by Crippen LogP contribution is 2.04. The van der Waals surface area contributed by atoms with Crippen molar-refractivity contribution in [3.63, 3.8) is 0 Å². The number of hydrogen-bond donors (Lipinski definition) is 2. The largest absolute Gasteiger partial charge is 0.358 e. The van der Waals surface area contributed by atoms with E-state index in [4.69, 9.17) is 0 Å². The zero-order valence-corrected chi connectivity index (χ0v) is 9.31. The second-order valence-electron chi connectivity index (χ2n) is 3.41. The third-order valence-electron chi connectivity index (χ3n) is 2.19. The molecule has 0 saturated heterocycles. The van der Waals surface area contributed by atoms with E-state index in [0.29, 0.717) is 12.6 Å². The van der Waals surface area contributed by atoms with Gasteiger partial charge >= 0.3 is 0 Å². The van der Waals surface area contributed by atoms with Gasteiger partial charge < -0.3 is 10.6 Å². The summed E-state index contributed by atoms with van der Waals surface area (Å²) in [6, 6.07) is 0.440. The van der Waals surface area contributed by atoms with Crippen LogP contribution in [0.15, 0.2) is 12.7 Å². The molecule has 0 fully saturated rings. The predicted molar refractivity (Wildman–Crippen MR) is 60.2 cm³/mol. The summed E-state index contributed by atoms with van der Waals surface area (Å²) in [5.74, 6) is 0.0460. The van der Waals surface area contributed by atoms with E-state index in [1.165, 1.54) is 0 Å². The van der Waals surface area contributed by atoms with Gasteiger partial charge in [-0.1, -0.05) is 19.4 Å². The molecule has 3 nitrogen and oxygen atoms in total. The molecule has 82 valence electrons. The van der Waals surface area contributed by atoms with Crippen LogP contribution in [-0.4, -0.2) is 25.5 Å². The fourth-order valence-electron chi connectivity index (χ4n) is 1.34. The number of amides is 1. The molecule has 1 amide bonds. The quantitative estimate of drug-likeness (QED) is 0.580. The summed E-state index contributed by atoms with van der Waals surface area (Å²) in [7, 11) is 1.66. The molecule has 0 aliphatic rings. The first-order valence-electron chi connectivity index (χ1n) is 5.29. The molecule has 14 heavy (non-hydrogen) atoms. The fourth-order valence-corrected chi connectivity index (χ4v) is 1.34. The number of rotatable bonds is 8. The van der Waals surface area contributed by atoms with Crippen LogP contribution in [0.3, 0.4) is 0 Å². The van der Waals surface area contributed by atoms with Crippen LogP contribution >= 0.6 is 0 Å². The summed E-state index contributed by atoms with van der Waals surface area (Å²) >= 11 is 0. The van der Waals surface area contributed by atoms with E-state index >= 15 is 0 Å². The van der Waals surface area contributed by atoms with Crippen molar-refractivity contribution in [1.82, 2.24) is 10.6 Å². The number of hydrogen-bond acceptors (Lipinski definition) is 2. The Hall–Kier alpha value is -0.830. The number of nitrogens with one attached hydrogen (secondary N) is 2. The van der Waals surface area contributed by atoms with Crippen LogP contribution in [0.5, 0.6) is 0 Å². The van der Waals surface area contributed by atoms with Gasteiger partial charge in [0.15, 0.2) is 0 Å². The van der Waals surface area contributed by atoms with Gasteiger partial charge in [-0.15, -0.1) is 6.58 Å². The van der Waals surface area contributed by atoms with Gasteiger partial charge in [-0.25, -0.2) is 0 Å². The van der Waals surface area contributed by atoms with E-state index in [1.807, 2.05) is 6.08 Å². The Morgan fingerprint density at radius 1 is 1.50 bits per heavy atom. The van der Waals surface area contributed by atoms with Crippen molar-refractivity contribution >= 4 is 5.91 Å². The van der Waals surface area contributed by atoms with Crippen molar-refractivity contribution in [3.05, 3.63) is 12.7 Å². The maximum Gasteiger partial charge on any atom is 0.233 e. The first-order valence-corrected chi connectivity index (χ1v) is 5.29. The minimum absolute atomic E-state index is 0.0460. The average Bonchev–Trinajstić information content (AvgIpc) is 2.21. The van der Waals surface area contributed by atoms with E-state index < -0.39 is 0 Å². The first kappa shape index (κ1) is 13.2. The minimum Gasteiger partial charge on any atom is -0.358 e. The summed E-state index contributed by atoms with van der Waals surface area (Å²) < 4.78 is 0. The molecule has 0 radical (unpaired) electrons. The predicted octanol–water partition coefficient (Wildman–Crippen LogP) is 1.46. The molecule has 1 unspecified atom stereocenters. The van der Waals surface area contributed by atoms with Gasteiger partial charge in [0.25, 0.3) is 0 Å². The average molecular weight is 198 g/mol. The highest BCUT2D eigenvalue weighted by atomic mass is 16.1. The van der Waals surface area contributed by atoms with Crippen molar-refractivity contribution in [1.29, 1.82) is 0 Å². The van der Waals surface area contributed by atoms with Crippen molar-refractivity contribution in [3.8, 4) is 0 Å². The molecule has 0 rings (SSSR count). The molecule has 0 spiro atoms. The lowest BCUT2D eigenvalue weighted by molar-refractivity contribution is -0.119. The van der Waals surface area contributed by atoms with Crippen molar-refractivity contribution in [2.45, 2.75) is 38.6 Å². The van der Waals surface area contributed by atoms with Crippen LogP contribution in [0.25, 0.3) is 0 Å². The molecule has 2 N–H and O–H groups in total. The van der Waals surface area contributed by atoms with Crippen LogP contribution in [-0.2, 0) is 4.79 Å². The van der Waals surface area contributed by atoms with E-state index in [9.17, 15) is 4.79 Å². The van der Waals surface area contributed by atoms with Crippen LogP contribution < -0.4 is 10.6 Å². The van der Waals surface area contributed by atoms with Gasteiger partial charge in [0, 0.05) is 13.1 Å². The number of allylic oxidation sites excluding steroid dienone is 1. The summed E-state index contributed by atoms with van der Waals surface area (Å²) in [5.41, 5.74) is 0. The molecule has 0 aromatic carbocycles. The maximum absolute atomic E-state index is 11.0. The molecule has 0 bridgehead atoms. The van der Waals surface area contributed by atoms with Crippen molar-refractivity contribution < 1.29 is 4.79 Å². The minimum atomic E-state index is 0.0460. The third kappa shape index (κ3) is 6.66. The molecule has 0 aliphatic heterocycles. The van der Waals surface area contributed by atoms with E-state index in [0.717, 1.165) is 25.7 Å². The van der Waals surface area contributed by atoms with Crippen LogP contribution in [0.1, 0.15) is 32.6 Å². The highest BCUT2D eigenvalue weighted by Gasteiger charge is 2.07. The van der Waals surface area contributed by atoms with Gasteiger partial charge in [-0.2, -0.15) is 0 Å². The summed E-state index contributed by atoms with van der Waals surface area (Å²) in [6.07, 6.45) is 6.25. The highest BCUT2D eigenvalue weighted by molar-refractivity contribution is 5.77. The van der Waals surface area contributed by atoms with Gasteiger partial charge in [0.1, 0.15) is 0 Å². The second kappa shape index (κ2) is 8.75. The SMILES string of the molecule is C=CCCC(CCC)NCC(=O)NC. The Balaban J connectivity index is 3.71. The van der Waals surface area contributed by atoms with E-state index in [2.05, 4.69) is 24.1 Å². The fraction of sp³-hybridized carbons (Fsp3) is 0.727. The Morgan fingerprint density at radius 2 is 2.21 bits per heavy atom. The van der Waals surface area contributed by atoms with Crippen molar-refractivity contribution in [2.24, 2.45) is 0 Å². The topological polar surface area (TPSA) is 41.1 Å². The lowest BCUT2D eigenvalue weighted by atomic mass is 10.1. The van der Waals surface area contributed by atoms with Gasteiger partial charge in [0.05, 0.1) is 6.54 Å². The number of carbonyl (C=O) groups is 1. The molecule has 0 heterocycles. The Labute approximate surface area is 87.0 Å². The maximum atomic E-state index is 11.0. The van der Waals surface area contributed by atoms with Crippen molar-refractivity contribution in [2.75, 3.05) is 13.6 Å². The molecule has 3 heteroatoms. The van der Waals surface area contributed by atoms with E-state index in [-0.39, 0.29) is 5.91 Å². The monoisotopic (exact) mass is 198 g/mol. The Morgan fingerprint density at radius 3 is 2.71 bits per heavy atom. The smallest absolute Gasteiger partial charge is 0.233 e. The van der Waals surface area contributed by atoms with Gasteiger partial charge in [0.2, 0.25) is 5.91 Å². The molecule has 1 atom stereocenters. The molecule has 0 saturated carbocycles. The molecule has 0 aromatic rings. The summed E-state index contributed by atoms with van der Waals surface area (Å²) in [4.78, 5) is 11.0. The Kier molecular flexibility index (Phi) is 8.24. The molecular weight excluding hydrogens is 176 g/mol. The zero-order valence-electron chi connectivity index (χ0n) is 9.31. The molecule has 0 aliphatic carbocycles. The van der Waals surface area contributed by atoms with Crippen LogP contribution in [0.4, 0.5) is 0 Å². The normalized spacial score (nSPS) is 12.1. The Bertz CT molecular complexity index is 169. The van der Waals surface area contributed by atoms with Gasteiger partial charge in [-0.05, 0) is 19.3 Å². The second-order valence-corrected chi connectivity index (χ2v) is 3.41. The van der Waals surface area contributed by atoms with Crippen LogP contribution in [0, 0.1) is 0 Å². The lowest BCUT2D eigenvalue weighted by Crippen LogP contribution is -2.37. The lowest BCUT2D eigenvalue weighted by Gasteiger charge is -2.16. The van der Waals surface area contributed by atoms with Crippen LogP contribution in [0.2, 0.25) is 0 Å². The molecular formula is C11H22N2O. The number of likely N-dealkylation sites (N-methyl/N-ethyl adjacent to an activating group) is 1. The molecule has 0 aromatic heterocycles. The third-order valence-corrected chi connectivity index (χ3v) is 2.19. The standard InChI is InChI=1S/C11H22N2O/c1-4-6-8-10(7-5-2)13-9-11(14)12-3/h4,10,13H,1,5-9H2,2-3H3,(H,12,14).